The smallest absolute Gasteiger partial charge is 0.338 e. The first-order chi connectivity index (χ1) is 7.74. The molecule has 1 rings (SSSR count). The Hall–Kier alpha value is -0.960. The lowest BCUT2D eigenvalue weighted by atomic mass is 10.1. The quantitative estimate of drug-likeness (QED) is 0.580. The lowest BCUT2D eigenvalue weighted by molar-refractivity contribution is 0.0525. The van der Waals surface area contributed by atoms with E-state index >= 15 is 0 Å². The highest BCUT2D eigenvalue weighted by atomic mass is 32.2. The van der Waals surface area contributed by atoms with Crippen molar-refractivity contribution in [1.82, 2.24) is 0 Å². The van der Waals surface area contributed by atoms with Gasteiger partial charge in [0.15, 0.2) is 0 Å². The highest BCUT2D eigenvalue weighted by molar-refractivity contribution is 7.99. The van der Waals surface area contributed by atoms with Crippen molar-refractivity contribution in [2.75, 3.05) is 12.4 Å². The van der Waals surface area contributed by atoms with Crippen LogP contribution in [0, 0.1) is 0 Å². The van der Waals surface area contributed by atoms with Crippen LogP contribution in [-0.4, -0.2) is 18.3 Å². The molecule has 2 nitrogen and oxygen atoms in total. The maximum atomic E-state index is 11.7. The molecule has 0 heterocycles. The fourth-order valence-electron chi connectivity index (χ4n) is 1.62. The van der Waals surface area contributed by atoms with Crippen LogP contribution in [0.4, 0.5) is 0 Å². The lowest BCUT2D eigenvalue weighted by Gasteiger charge is -2.11. The molecule has 1 aromatic rings. The molecule has 0 aliphatic carbocycles. The number of rotatable bonds is 5. The minimum atomic E-state index is -0.210. The molecule has 0 unspecified atom stereocenters. The number of thioether (sulfide) groups is 1. The highest BCUT2D eigenvalue weighted by Crippen LogP contribution is 2.26. The van der Waals surface area contributed by atoms with E-state index in [1.807, 2.05) is 19.1 Å². The number of hydrogen-bond donors (Lipinski definition) is 0. The molecular weight excluding hydrogens is 220 g/mol. The molecule has 0 atom stereocenters. The molecule has 0 aromatic heterocycles. The summed E-state index contributed by atoms with van der Waals surface area (Å²) >= 11 is 1.77. The van der Waals surface area contributed by atoms with Gasteiger partial charge in [-0.1, -0.05) is 19.9 Å². The summed E-state index contributed by atoms with van der Waals surface area (Å²) < 4.78 is 5.06. The van der Waals surface area contributed by atoms with E-state index in [0.29, 0.717) is 12.2 Å². The molecule has 3 heteroatoms. The van der Waals surface area contributed by atoms with Gasteiger partial charge in [-0.3, -0.25) is 0 Å². The van der Waals surface area contributed by atoms with Crippen LogP contribution < -0.4 is 0 Å². The van der Waals surface area contributed by atoms with Gasteiger partial charge in [-0.15, -0.1) is 11.8 Å². The maximum absolute atomic E-state index is 11.7. The second-order valence-corrected chi connectivity index (χ2v) is 4.60. The summed E-state index contributed by atoms with van der Waals surface area (Å²) in [6, 6.07) is 5.83. The lowest BCUT2D eigenvalue weighted by Crippen LogP contribution is -2.08. The van der Waals surface area contributed by atoms with Crippen LogP contribution in [0.5, 0.6) is 0 Å². The summed E-state index contributed by atoms with van der Waals surface area (Å²) in [6.07, 6.45) is 0.858. The van der Waals surface area contributed by atoms with E-state index in [1.54, 1.807) is 11.8 Å². The van der Waals surface area contributed by atoms with Crippen LogP contribution in [0.3, 0.4) is 0 Å². The third kappa shape index (κ3) is 3.01. The van der Waals surface area contributed by atoms with Gasteiger partial charge in [-0.05, 0) is 36.8 Å². The molecular formula is C13H18O2S. The first kappa shape index (κ1) is 13.1. The van der Waals surface area contributed by atoms with E-state index in [4.69, 9.17) is 4.74 Å². The molecule has 0 radical (unpaired) electrons. The Morgan fingerprint density at radius 3 is 2.62 bits per heavy atom. The van der Waals surface area contributed by atoms with E-state index in [9.17, 15) is 4.79 Å². The van der Waals surface area contributed by atoms with Crippen LogP contribution in [-0.2, 0) is 11.2 Å². The van der Waals surface area contributed by atoms with E-state index in [0.717, 1.165) is 17.7 Å². The molecule has 0 spiro atoms. The summed E-state index contributed by atoms with van der Waals surface area (Å²) in [6.45, 7) is 6.43. The minimum absolute atomic E-state index is 0.210. The molecule has 0 saturated heterocycles. The highest BCUT2D eigenvalue weighted by Gasteiger charge is 2.14. The summed E-state index contributed by atoms with van der Waals surface area (Å²) in [5, 5.41) is 0. The average Bonchev–Trinajstić information content (AvgIpc) is 2.29. The summed E-state index contributed by atoms with van der Waals surface area (Å²) in [4.78, 5) is 12.9. The molecule has 0 fully saturated rings. The van der Waals surface area contributed by atoms with Crippen LogP contribution in [0.15, 0.2) is 23.1 Å². The van der Waals surface area contributed by atoms with E-state index in [-0.39, 0.29) is 5.97 Å². The molecule has 0 N–H and O–H groups in total. The summed E-state index contributed by atoms with van der Waals surface area (Å²) in [5.41, 5.74) is 1.82. The Morgan fingerprint density at radius 2 is 2.06 bits per heavy atom. The molecule has 0 saturated carbocycles. The largest absolute Gasteiger partial charge is 0.462 e. The van der Waals surface area contributed by atoms with Crippen LogP contribution in [0.2, 0.25) is 0 Å². The third-order valence-corrected chi connectivity index (χ3v) is 3.26. The number of esters is 1. The van der Waals surface area contributed by atoms with Gasteiger partial charge in [0.1, 0.15) is 0 Å². The van der Waals surface area contributed by atoms with E-state index in [2.05, 4.69) is 19.9 Å². The molecule has 0 bridgehead atoms. The summed E-state index contributed by atoms with van der Waals surface area (Å²) in [7, 11) is 0. The second kappa shape index (κ2) is 6.59. The zero-order chi connectivity index (χ0) is 12.0. The normalized spacial score (nSPS) is 10.2. The zero-order valence-electron chi connectivity index (χ0n) is 10.1. The van der Waals surface area contributed by atoms with Crippen molar-refractivity contribution in [3.05, 3.63) is 29.3 Å². The predicted molar refractivity (Wildman–Crippen MR) is 68.2 cm³/mol. The van der Waals surface area contributed by atoms with Crippen molar-refractivity contribution in [3.8, 4) is 0 Å². The molecule has 16 heavy (non-hydrogen) atoms. The van der Waals surface area contributed by atoms with Crippen molar-refractivity contribution in [3.63, 3.8) is 0 Å². The van der Waals surface area contributed by atoms with Crippen molar-refractivity contribution in [1.29, 1.82) is 0 Å². The van der Waals surface area contributed by atoms with Gasteiger partial charge >= 0.3 is 5.97 Å². The van der Waals surface area contributed by atoms with Crippen LogP contribution in [0.1, 0.15) is 36.7 Å². The number of carbonyl (C=O) groups is 1. The Bertz CT molecular complexity index is 361. The molecule has 88 valence electrons. The molecule has 1 aromatic carbocycles. The fourth-order valence-corrected chi connectivity index (χ4v) is 2.54. The van der Waals surface area contributed by atoms with Crippen molar-refractivity contribution < 1.29 is 9.53 Å². The van der Waals surface area contributed by atoms with Crippen molar-refractivity contribution >= 4 is 17.7 Å². The van der Waals surface area contributed by atoms with Gasteiger partial charge < -0.3 is 4.74 Å². The summed E-state index contributed by atoms with van der Waals surface area (Å²) in [5.74, 6) is 0.803. The number of carbonyl (C=O) groups excluding carboxylic acids is 1. The Kier molecular flexibility index (Phi) is 5.39. The third-order valence-electron chi connectivity index (χ3n) is 2.28. The maximum Gasteiger partial charge on any atom is 0.338 e. The van der Waals surface area contributed by atoms with Gasteiger partial charge in [0.25, 0.3) is 0 Å². The van der Waals surface area contributed by atoms with Gasteiger partial charge in [-0.25, -0.2) is 4.79 Å². The Morgan fingerprint density at radius 1 is 1.31 bits per heavy atom. The minimum Gasteiger partial charge on any atom is -0.462 e. The van der Waals surface area contributed by atoms with Crippen LogP contribution >= 0.6 is 11.8 Å². The van der Waals surface area contributed by atoms with Gasteiger partial charge in [-0.2, -0.15) is 0 Å². The van der Waals surface area contributed by atoms with Gasteiger partial charge in [0, 0.05) is 4.90 Å². The Balaban J connectivity index is 3.08. The van der Waals surface area contributed by atoms with Crippen molar-refractivity contribution in [2.45, 2.75) is 32.1 Å². The standard InChI is InChI=1S/C13H18O2S/c1-4-10-11(13(14)15-5-2)8-7-9-12(10)16-6-3/h7-9H,4-6H2,1-3H3. The molecule has 0 aliphatic rings. The molecule has 0 aliphatic heterocycles. The Labute approximate surface area is 101 Å². The molecule has 0 amide bonds. The average molecular weight is 238 g/mol. The number of ether oxygens (including phenoxy) is 1. The fraction of sp³-hybridized carbons (Fsp3) is 0.462. The number of benzene rings is 1. The first-order valence-corrected chi connectivity index (χ1v) is 6.64. The zero-order valence-corrected chi connectivity index (χ0v) is 10.9. The van der Waals surface area contributed by atoms with E-state index in [1.165, 1.54) is 4.90 Å². The van der Waals surface area contributed by atoms with E-state index < -0.39 is 0 Å². The predicted octanol–water partition coefficient (Wildman–Crippen LogP) is 3.54. The first-order valence-electron chi connectivity index (χ1n) is 5.66. The monoisotopic (exact) mass is 238 g/mol. The topological polar surface area (TPSA) is 26.3 Å². The second-order valence-electron chi connectivity index (χ2n) is 3.29. The van der Waals surface area contributed by atoms with Gasteiger partial charge in [0.05, 0.1) is 12.2 Å². The van der Waals surface area contributed by atoms with Crippen LogP contribution in [0.25, 0.3) is 0 Å². The van der Waals surface area contributed by atoms with Gasteiger partial charge in [0.2, 0.25) is 0 Å². The SMILES string of the molecule is CCOC(=O)c1cccc(SCC)c1CC. The van der Waals surface area contributed by atoms with Crippen molar-refractivity contribution in [2.24, 2.45) is 0 Å². The number of hydrogen-bond acceptors (Lipinski definition) is 3.